The van der Waals surface area contributed by atoms with Gasteiger partial charge in [-0.25, -0.2) is 5.84 Å². The molecule has 3 N–H and O–H groups in total. The smallest absolute Gasteiger partial charge is 0.234 e. The van der Waals surface area contributed by atoms with E-state index in [1.54, 1.807) is 0 Å². The minimum absolute atomic E-state index is 0.00518. The van der Waals surface area contributed by atoms with E-state index in [0.717, 1.165) is 5.75 Å². The highest BCUT2D eigenvalue weighted by molar-refractivity contribution is 5.75. The number of hydrazine groups is 1. The summed E-state index contributed by atoms with van der Waals surface area (Å²) in [6.45, 7) is 6.06. The molecule has 0 heterocycles. The maximum absolute atomic E-state index is 11.0. The number of carbonyl (C=O) groups is 1. The molecule has 1 unspecified atom stereocenters. The van der Waals surface area contributed by atoms with E-state index in [9.17, 15) is 4.79 Å². The molecule has 4 heteroatoms. The van der Waals surface area contributed by atoms with Gasteiger partial charge in [0.15, 0.2) is 0 Å². The average molecular weight is 236 g/mol. The van der Waals surface area contributed by atoms with Gasteiger partial charge in [0.1, 0.15) is 5.75 Å². The van der Waals surface area contributed by atoms with Gasteiger partial charge in [0.25, 0.3) is 0 Å². The van der Waals surface area contributed by atoms with Crippen LogP contribution in [0.3, 0.4) is 0 Å². The van der Waals surface area contributed by atoms with Crippen LogP contribution >= 0.6 is 0 Å². The fourth-order valence-corrected chi connectivity index (χ4v) is 1.48. The Bertz CT molecular complexity index is 391. The van der Waals surface area contributed by atoms with Crippen LogP contribution in [0.15, 0.2) is 18.2 Å². The Morgan fingerprint density at radius 2 is 2.12 bits per heavy atom. The fourth-order valence-electron chi connectivity index (χ4n) is 1.48. The number of carbonyl (C=O) groups excluding carboxylic acids is 1. The van der Waals surface area contributed by atoms with Gasteiger partial charge < -0.3 is 4.74 Å². The highest BCUT2D eigenvalue weighted by atomic mass is 16.5. The summed E-state index contributed by atoms with van der Waals surface area (Å²) in [5.74, 6) is 5.68. The molecular weight excluding hydrogens is 216 g/mol. The van der Waals surface area contributed by atoms with Crippen molar-refractivity contribution in [2.24, 2.45) is 5.84 Å². The van der Waals surface area contributed by atoms with Gasteiger partial charge in [0.05, 0.1) is 6.10 Å². The molecule has 94 valence electrons. The quantitative estimate of drug-likeness (QED) is 0.466. The summed E-state index contributed by atoms with van der Waals surface area (Å²) in [5.41, 5.74) is 4.55. The van der Waals surface area contributed by atoms with Crippen LogP contribution in [0, 0.1) is 13.8 Å². The standard InChI is InChI=1S/C13H20N2O2/c1-9-4-6-12(8-10(9)2)17-11(3)5-7-13(16)15-14/h4,6,8,11H,5,7,14H2,1-3H3,(H,15,16). The molecule has 0 saturated heterocycles. The maximum atomic E-state index is 11.0. The van der Waals surface area contributed by atoms with Gasteiger partial charge in [-0.1, -0.05) is 6.07 Å². The van der Waals surface area contributed by atoms with E-state index in [1.807, 2.05) is 25.1 Å². The molecule has 0 aromatic heterocycles. The van der Waals surface area contributed by atoms with Gasteiger partial charge in [0.2, 0.25) is 5.91 Å². The second kappa shape index (κ2) is 6.25. The zero-order chi connectivity index (χ0) is 12.8. The summed E-state index contributed by atoms with van der Waals surface area (Å²) in [7, 11) is 0. The Labute approximate surface area is 102 Å². The molecule has 1 aromatic rings. The van der Waals surface area contributed by atoms with Crippen molar-refractivity contribution in [3.8, 4) is 5.75 Å². The SMILES string of the molecule is Cc1ccc(OC(C)CCC(=O)NN)cc1C. The first-order valence-electron chi connectivity index (χ1n) is 5.76. The molecular formula is C13H20N2O2. The van der Waals surface area contributed by atoms with Gasteiger partial charge in [-0.3, -0.25) is 10.2 Å². The van der Waals surface area contributed by atoms with Crippen LogP contribution in [0.2, 0.25) is 0 Å². The van der Waals surface area contributed by atoms with Crippen LogP contribution in [0.5, 0.6) is 5.75 Å². The van der Waals surface area contributed by atoms with E-state index in [0.29, 0.717) is 12.8 Å². The molecule has 0 fully saturated rings. The van der Waals surface area contributed by atoms with Crippen molar-refractivity contribution in [2.45, 2.75) is 39.7 Å². The molecule has 1 aromatic carbocycles. The molecule has 1 rings (SSSR count). The van der Waals surface area contributed by atoms with Crippen molar-refractivity contribution in [3.63, 3.8) is 0 Å². The maximum Gasteiger partial charge on any atom is 0.234 e. The predicted molar refractivity (Wildman–Crippen MR) is 67.6 cm³/mol. The van der Waals surface area contributed by atoms with Crippen LogP contribution in [-0.4, -0.2) is 12.0 Å². The third-order valence-electron chi connectivity index (χ3n) is 2.75. The van der Waals surface area contributed by atoms with Crippen LogP contribution in [0.25, 0.3) is 0 Å². The van der Waals surface area contributed by atoms with Crippen molar-refractivity contribution in [3.05, 3.63) is 29.3 Å². The summed E-state index contributed by atoms with van der Waals surface area (Å²) >= 11 is 0. The summed E-state index contributed by atoms with van der Waals surface area (Å²) in [4.78, 5) is 11.0. The number of rotatable bonds is 5. The zero-order valence-electron chi connectivity index (χ0n) is 10.6. The Balaban J connectivity index is 2.47. The number of hydrogen-bond donors (Lipinski definition) is 2. The van der Waals surface area contributed by atoms with Crippen molar-refractivity contribution in [1.82, 2.24) is 5.43 Å². The summed E-state index contributed by atoms with van der Waals surface area (Å²) < 4.78 is 5.72. The van der Waals surface area contributed by atoms with E-state index < -0.39 is 0 Å². The van der Waals surface area contributed by atoms with E-state index >= 15 is 0 Å². The van der Waals surface area contributed by atoms with Crippen molar-refractivity contribution < 1.29 is 9.53 Å². The van der Waals surface area contributed by atoms with Crippen LogP contribution in [0.1, 0.15) is 30.9 Å². The molecule has 17 heavy (non-hydrogen) atoms. The summed E-state index contributed by atoms with van der Waals surface area (Å²) in [5, 5.41) is 0. The zero-order valence-corrected chi connectivity index (χ0v) is 10.6. The van der Waals surface area contributed by atoms with E-state index in [1.165, 1.54) is 11.1 Å². The molecule has 1 atom stereocenters. The Hall–Kier alpha value is -1.55. The average Bonchev–Trinajstić information content (AvgIpc) is 2.31. The lowest BCUT2D eigenvalue weighted by atomic mass is 10.1. The third kappa shape index (κ3) is 4.44. The minimum atomic E-state index is -0.166. The topological polar surface area (TPSA) is 64.3 Å². The Morgan fingerprint density at radius 1 is 1.41 bits per heavy atom. The number of amides is 1. The van der Waals surface area contributed by atoms with Gasteiger partial charge >= 0.3 is 0 Å². The van der Waals surface area contributed by atoms with Gasteiger partial charge in [0, 0.05) is 6.42 Å². The molecule has 0 spiro atoms. The normalized spacial score (nSPS) is 12.0. The van der Waals surface area contributed by atoms with Crippen LogP contribution in [-0.2, 0) is 4.79 Å². The summed E-state index contributed by atoms with van der Waals surface area (Å²) in [6, 6.07) is 5.99. The van der Waals surface area contributed by atoms with Crippen molar-refractivity contribution in [2.75, 3.05) is 0 Å². The highest BCUT2D eigenvalue weighted by Gasteiger charge is 2.07. The lowest BCUT2D eigenvalue weighted by Crippen LogP contribution is -2.30. The van der Waals surface area contributed by atoms with Gasteiger partial charge in [-0.2, -0.15) is 0 Å². The molecule has 4 nitrogen and oxygen atoms in total. The molecule has 0 saturated carbocycles. The monoisotopic (exact) mass is 236 g/mol. The second-order valence-corrected chi connectivity index (χ2v) is 4.28. The lowest BCUT2D eigenvalue weighted by molar-refractivity contribution is -0.121. The predicted octanol–water partition coefficient (Wildman–Crippen LogP) is 1.84. The molecule has 1 amide bonds. The van der Waals surface area contributed by atoms with E-state index in [-0.39, 0.29) is 12.0 Å². The first-order valence-corrected chi connectivity index (χ1v) is 5.76. The largest absolute Gasteiger partial charge is 0.491 e. The fraction of sp³-hybridized carbons (Fsp3) is 0.462. The molecule has 0 aliphatic heterocycles. The Morgan fingerprint density at radius 3 is 2.71 bits per heavy atom. The summed E-state index contributed by atoms with van der Waals surface area (Å²) in [6.07, 6.45) is 1.02. The number of aryl methyl sites for hydroxylation is 2. The molecule has 0 radical (unpaired) electrons. The van der Waals surface area contributed by atoms with E-state index in [2.05, 4.69) is 19.3 Å². The third-order valence-corrected chi connectivity index (χ3v) is 2.75. The van der Waals surface area contributed by atoms with Crippen LogP contribution < -0.4 is 16.0 Å². The van der Waals surface area contributed by atoms with Crippen molar-refractivity contribution in [1.29, 1.82) is 0 Å². The number of nitrogens with one attached hydrogen (secondary N) is 1. The van der Waals surface area contributed by atoms with Crippen molar-refractivity contribution >= 4 is 5.91 Å². The van der Waals surface area contributed by atoms with Gasteiger partial charge in [-0.15, -0.1) is 0 Å². The minimum Gasteiger partial charge on any atom is -0.491 e. The Kier molecular flexibility index (Phi) is 4.97. The highest BCUT2D eigenvalue weighted by Crippen LogP contribution is 2.18. The van der Waals surface area contributed by atoms with E-state index in [4.69, 9.17) is 10.6 Å². The van der Waals surface area contributed by atoms with Crippen LogP contribution in [0.4, 0.5) is 0 Å². The number of benzene rings is 1. The number of hydrogen-bond acceptors (Lipinski definition) is 3. The number of ether oxygens (including phenoxy) is 1. The second-order valence-electron chi connectivity index (χ2n) is 4.28. The van der Waals surface area contributed by atoms with Gasteiger partial charge in [-0.05, 0) is 50.5 Å². The first-order chi connectivity index (χ1) is 8.02. The molecule has 0 aliphatic carbocycles. The molecule has 0 bridgehead atoms. The molecule has 0 aliphatic rings. The lowest BCUT2D eigenvalue weighted by Gasteiger charge is -2.15. The number of nitrogens with two attached hydrogens (primary N) is 1. The first kappa shape index (κ1) is 13.5.